The summed E-state index contributed by atoms with van der Waals surface area (Å²) in [5.74, 6) is -0.894. The maximum atomic E-state index is 12.9. The minimum absolute atomic E-state index is 0.166. The number of benzene rings is 2. The van der Waals surface area contributed by atoms with E-state index in [-0.39, 0.29) is 18.7 Å². The number of para-hydroxylation sites is 1. The lowest BCUT2D eigenvalue weighted by Crippen LogP contribution is -2.28. The summed E-state index contributed by atoms with van der Waals surface area (Å²) in [4.78, 5) is 38.2. The van der Waals surface area contributed by atoms with Gasteiger partial charge < -0.3 is 10.1 Å². The van der Waals surface area contributed by atoms with E-state index in [2.05, 4.69) is 5.32 Å². The SMILES string of the molecule is CCOC(=O)c1c(-c2ccccc2)csc1NC(=O)Cn1c(=O)cc(C)c2ccccc21. The molecule has 0 radical (unpaired) electrons. The van der Waals surface area contributed by atoms with Crippen LogP contribution < -0.4 is 10.9 Å². The Morgan fingerprint density at radius 2 is 1.78 bits per heavy atom. The molecule has 0 spiro atoms. The topological polar surface area (TPSA) is 77.4 Å². The molecular formula is C25H22N2O4S. The molecule has 2 aromatic heterocycles. The number of hydrogen-bond acceptors (Lipinski definition) is 5. The zero-order chi connectivity index (χ0) is 22.7. The predicted molar refractivity (Wildman–Crippen MR) is 127 cm³/mol. The molecule has 2 aromatic carbocycles. The van der Waals surface area contributed by atoms with Crippen LogP contribution in [0, 0.1) is 6.92 Å². The third kappa shape index (κ3) is 4.20. The zero-order valence-corrected chi connectivity index (χ0v) is 18.6. The molecule has 4 aromatic rings. The maximum Gasteiger partial charge on any atom is 0.341 e. The molecule has 0 saturated carbocycles. The summed E-state index contributed by atoms with van der Waals surface area (Å²) in [7, 11) is 0. The highest BCUT2D eigenvalue weighted by Crippen LogP contribution is 2.36. The number of aromatic nitrogens is 1. The molecule has 0 atom stereocenters. The minimum atomic E-state index is -0.499. The Balaban J connectivity index is 1.68. The van der Waals surface area contributed by atoms with Gasteiger partial charge in [-0.2, -0.15) is 0 Å². The number of carbonyl (C=O) groups is 2. The van der Waals surface area contributed by atoms with E-state index in [4.69, 9.17) is 4.74 Å². The fourth-order valence-corrected chi connectivity index (χ4v) is 4.63. The summed E-state index contributed by atoms with van der Waals surface area (Å²) >= 11 is 1.25. The van der Waals surface area contributed by atoms with E-state index in [1.54, 1.807) is 6.92 Å². The summed E-state index contributed by atoms with van der Waals surface area (Å²) < 4.78 is 6.68. The van der Waals surface area contributed by atoms with Gasteiger partial charge in [-0.15, -0.1) is 11.3 Å². The number of rotatable bonds is 6. The van der Waals surface area contributed by atoms with Crippen molar-refractivity contribution in [2.24, 2.45) is 0 Å². The molecule has 1 amide bonds. The zero-order valence-electron chi connectivity index (χ0n) is 17.8. The summed E-state index contributed by atoms with van der Waals surface area (Å²) in [5.41, 5.74) is 3.16. The number of esters is 1. The number of carbonyl (C=O) groups excluding carboxylic acids is 2. The van der Waals surface area contributed by atoms with Gasteiger partial charge in [-0.25, -0.2) is 4.79 Å². The molecule has 1 N–H and O–H groups in total. The molecule has 162 valence electrons. The van der Waals surface area contributed by atoms with E-state index in [1.165, 1.54) is 22.0 Å². The summed E-state index contributed by atoms with van der Waals surface area (Å²) in [6.45, 7) is 3.66. The molecule has 0 aliphatic rings. The molecule has 0 bridgehead atoms. The Morgan fingerprint density at radius 1 is 1.06 bits per heavy atom. The molecule has 2 heterocycles. The summed E-state index contributed by atoms with van der Waals surface area (Å²) in [5, 5.41) is 5.95. The second kappa shape index (κ2) is 9.20. The van der Waals surface area contributed by atoms with Crippen molar-refractivity contribution >= 4 is 39.1 Å². The van der Waals surface area contributed by atoms with Gasteiger partial charge in [0, 0.05) is 22.4 Å². The Bertz CT molecular complexity index is 1360. The molecule has 32 heavy (non-hydrogen) atoms. The lowest BCUT2D eigenvalue weighted by Gasteiger charge is -2.12. The standard InChI is InChI=1S/C25H22N2O4S/c1-3-31-25(30)23-19(17-9-5-4-6-10-17)15-32-24(23)26-21(28)14-27-20-12-8-7-11-18(20)16(2)13-22(27)29/h4-13,15H,3,14H2,1-2H3,(H,26,28). The number of nitrogens with zero attached hydrogens (tertiary/aromatic N) is 1. The van der Waals surface area contributed by atoms with Gasteiger partial charge in [-0.1, -0.05) is 48.5 Å². The van der Waals surface area contributed by atoms with Crippen molar-refractivity contribution in [2.75, 3.05) is 11.9 Å². The van der Waals surface area contributed by atoms with Crippen LogP contribution in [0.2, 0.25) is 0 Å². The molecular weight excluding hydrogens is 424 g/mol. The second-order valence-corrected chi connectivity index (χ2v) is 8.14. The van der Waals surface area contributed by atoms with Gasteiger partial charge in [0.15, 0.2) is 0 Å². The number of aryl methyl sites for hydroxylation is 1. The van der Waals surface area contributed by atoms with Gasteiger partial charge in [0.1, 0.15) is 17.1 Å². The summed E-state index contributed by atoms with van der Waals surface area (Å²) in [6.07, 6.45) is 0. The monoisotopic (exact) mass is 446 g/mol. The molecule has 0 fully saturated rings. The van der Waals surface area contributed by atoms with Crippen molar-refractivity contribution in [1.82, 2.24) is 4.57 Å². The average molecular weight is 447 g/mol. The molecule has 0 saturated heterocycles. The number of nitrogens with one attached hydrogen (secondary N) is 1. The number of ether oxygens (including phenoxy) is 1. The van der Waals surface area contributed by atoms with E-state index in [0.717, 1.165) is 16.5 Å². The predicted octanol–water partition coefficient (Wildman–Crippen LogP) is 4.85. The quantitative estimate of drug-likeness (QED) is 0.430. The second-order valence-electron chi connectivity index (χ2n) is 7.26. The molecule has 0 aliphatic heterocycles. The fraction of sp³-hybridized carbons (Fsp3) is 0.160. The number of amides is 1. The number of thiophene rings is 1. The molecule has 4 rings (SSSR count). The van der Waals surface area contributed by atoms with Crippen molar-refractivity contribution in [3.63, 3.8) is 0 Å². The van der Waals surface area contributed by atoms with Crippen LogP contribution in [0.3, 0.4) is 0 Å². The van der Waals surface area contributed by atoms with E-state index in [0.29, 0.717) is 21.6 Å². The van der Waals surface area contributed by atoms with Gasteiger partial charge in [-0.05, 0) is 31.0 Å². The first-order valence-electron chi connectivity index (χ1n) is 10.2. The Hall–Kier alpha value is -3.71. The first kappa shape index (κ1) is 21.5. The Labute approximate surface area is 189 Å². The number of hydrogen-bond donors (Lipinski definition) is 1. The minimum Gasteiger partial charge on any atom is -0.462 e. The first-order chi connectivity index (χ1) is 15.5. The van der Waals surface area contributed by atoms with E-state index >= 15 is 0 Å². The van der Waals surface area contributed by atoms with Gasteiger partial charge in [0.25, 0.3) is 5.56 Å². The highest BCUT2D eigenvalue weighted by Gasteiger charge is 2.23. The van der Waals surface area contributed by atoms with E-state index in [1.807, 2.05) is 66.9 Å². The Morgan fingerprint density at radius 3 is 2.53 bits per heavy atom. The molecule has 0 unspecified atom stereocenters. The van der Waals surface area contributed by atoms with Crippen LogP contribution in [0.5, 0.6) is 0 Å². The largest absolute Gasteiger partial charge is 0.462 e. The van der Waals surface area contributed by atoms with Crippen molar-refractivity contribution in [2.45, 2.75) is 20.4 Å². The smallest absolute Gasteiger partial charge is 0.341 e. The van der Waals surface area contributed by atoms with Crippen LogP contribution >= 0.6 is 11.3 Å². The van der Waals surface area contributed by atoms with Crippen LogP contribution in [0.4, 0.5) is 5.00 Å². The number of pyridine rings is 1. The average Bonchev–Trinajstić information content (AvgIpc) is 3.21. The third-order valence-electron chi connectivity index (χ3n) is 5.14. The van der Waals surface area contributed by atoms with Crippen LogP contribution in [0.15, 0.2) is 70.8 Å². The number of fused-ring (bicyclic) bond motifs is 1. The van der Waals surface area contributed by atoms with Crippen molar-refractivity contribution in [3.05, 3.63) is 87.5 Å². The third-order valence-corrected chi connectivity index (χ3v) is 6.03. The Kier molecular flexibility index (Phi) is 6.18. The van der Waals surface area contributed by atoms with Gasteiger partial charge in [0.05, 0.1) is 12.1 Å². The first-order valence-corrected chi connectivity index (χ1v) is 11.1. The van der Waals surface area contributed by atoms with Gasteiger partial charge in [-0.3, -0.25) is 14.2 Å². The lowest BCUT2D eigenvalue weighted by atomic mass is 10.0. The van der Waals surface area contributed by atoms with E-state index < -0.39 is 11.9 Å². The lowest BCUT2D eigenvalue weighted by molar-refractivity contribution is -0.116. The van der Waals surface area contributed by atoms with Crippen LogP contribution in [0.1, 0.15) is 22.8 Å². The normalized spacial score (nSPS) is 10.8. The molecule has 7 heteroatoms. The van der Waals surface area contributed by atoms with Gasteiger partial charge >= 0.3 is 5.97 Å². The van der Waals surface area contributed by atoms with Crippen molar-refractivity contribution in [3.8, 4) is 11.1 Å². The maximum absolute atomic E-state index is 12.9. The van der Waals surface area contributed by atoms with Crippen LogP contribution in [0.25, 0.3) is 22.0 Å². The molecule has 0 aliphatic carbocycles. The van der Waals surface area contributed by atoms with Crippen LogP contribution in [-0.4, -0.2) is 23.1 Å². The number of anilines is 1. The fourth-order valence-electron chi connectivity index (χ4n) is 3.66. The van der Waals surface area contributed by atoms with Crippen LogP contribution in [-0.2, 0) is 16.1 Å². The highest BCUT2D eigenvalue weighted by atomic mass is 32.1. The van der Waals surface area contributed by atoms with Crippen molar-refractivity contribution < 1.29 is 14.3 Å². The van der Waals surface area contributed by atoms with Crippen molar-refractivity contribution in [1.29, 1.82) is 0 Å². The summed E-state index contributed by atoms with van der Waals surface area (Å²) in [6, 6.07) is 18.5. The molecule has 6 nitrogen and oxygen atoms in total. The van der Waals surface area contributed by atoms with E-state index in [9.17, 15) is 14.4 Å². The van der Waals surface area contributed by atoms with Gasteiger partial charge in [0.2, 0.25) is 5.91 Å². The highest BCUT2D eigenvalue weighted by molar-refractivity contribution is 7.15.